The Morgan fingerprint density at radius 1 is 0.795 bits per heavy atom. The van der Waals surface area contributed by atoms with Gasteiger partial charge in [0.2, 0.25) is 0 Å². The maximum Gasteiger partial charge on any atom is 1.00 e. The van der Waals surface area contributed by atoms with E-state index < -0.39 is 39.1 Å². The largest absolute Gasteiger partial charge is 1.00 e. The van der Waals surface area contributed by atoms with Crippen molar-refractivity contribution in [1.82, 2.24) is 0 Å². The normalized spacial score (nSPS) is 9.64. The summed E-state index contributed by atoms with van der Waals surface area (Å²) in [7, 11) is -5.31. The number of carbonyl (C=O) groups is 3. The van der Waals surface area contributed by atoms with Gasteiger partial charge in [0.15, 0.2) is 11.2 Å². The van der Waals surface area contributed by atoms with Crippen LogP contribution in [0.4, 0.5) is 0 Å². The van der Waals surface area contributed by atoms with Crippen LogP contribution >= 0.6 is 20.5 Å². The fourth-order valence-corrected chi connectivity index (χ4v) is 3.47. The van der Waals surface area contributed by atoms with Crippen LogP contribution in [0.15, 0.2) is 0 Å². The zero-order valence-electron chi connectivity index (χ0n) is 26.3. The molecule has 9 nitrogen and oxygen atoms in total. The number of hydrogen-bond acceptors (Lipinski definition) is 9. The third kappa shape index (κ3) is 45.3. The maximum atomic E-state index is 12.1. The van der Waals surface area contributed by atoms with Crippen LogP contribution in [0, 0.1) is 59.7 Å². The molecular weight excluding hydrogens is 625 g/mol. The third-order valence-electron chi connectivity index (χ3n) is 4.96. The van der Waals surface area contributed by atoms with Crippen molar-refractivity contribution >= 4 is 37.5 Å². The molecule has 0 aromatic carbocycles. The average molecular weight is 683 g/mol. The van der Waals surface area contributed by atoms with E-state index >= 15 is 0 Å². The summed E-state index contributed by atoms with van der Waals surface area (Å²) in [5.74, 6) is 18.6. The number of hydrogen-bond donors (Lipinski definition) is 1. The minimum absolute atomic E-state index is 0. The molecule has 0 unspecified atom stereocenters. The van der Waals surface area contributed by atoms with Gasteiger partial charge in [-0.2, -0.15) is 0 Å². The van der Waals surface area contributed by atoms with Crippen LogP contribution < -0.4 is 68.9 Å². The zero-order valence-corrected chi connectivity index (χ0v) is 32.1. The van der Waals surface area contributed by atoms with E-state index in [0.29, 0.717) is 6.42 Å². The molecule has 0 N–H and O–H groups in total. The Bertz CT molecular complexity index is 1180. The number of terminal acetylenes is 1. The molecule has 0 radical (unpaired) electrons. The number of unbranched alkanes of at least 4 members (excludes halogenated alkanes) is 11. The van der Waals surface area contributed by atoms with E-state index in [2.05, 4.69) is 77.4 Å². The maximum absolute atomic E-state index is 12.1. The monoisotopic (exact) mass is 682 g/mol. The standard InChI is InChI=1S/C29H37O8P.C2H4OS.2Na.9H2/c1-3-5-7-9-11-13-14-15-16-18-20-22-24-29(31)37-27(26-36-38(32,33)34)25-35-28(30)23-21-19-17-12-10-8-6-4-2;1-2(3)4;;;;;;;;;;;/h2,27H,3,5,7,9,11,13-16,18,20,22,24-26H2,1H3,(H2,32,33,34);1H3,(H,3,4);;;9*1H/q;;2*+1;;;;;;;;;/p-2/t27-;;;;;;;;;;;;/m1............/s1. The predicted molar refractivity (Wildman–Crippen MR) is 179 cm³/mol. The van der Waals surface area contributed by atoms with Gasteiger partial charge in [-0.3, -0.25) is 9.59 Å². The van der Waals surface area contributed by atoms with Crippen molar-refractivity contribution in [2.75, 3.05) is 13.2 Å². The number of phosphoric ester groups is 1. The summed E-state index contributed by atoms with van der Waals surface area (Å²) >= 11 is 3.33. The smallest absolute Gasteiger partial charge is 0.790 e. The summed E-state index contributed by atoms with van der Waals surface area (Å²) in [5, 5.41) is -0.139. The minimum Gasteiger partial charge on any atom is -0.790 e. The Morgan fingerprint density at radius 3 is 1.68 bits per heavy atom. The molecule has 0 amide bonds. The summed E-state index contributed by atoms with van der Waals surface area (Å²) in [6.45, 7) is 2.28. The van der Waals surface area contributed by atoms with Crippen molar-refractivity contribution in [2.45, 2.75) is 103 Å². The van der Waals surface area contributed by atoms with Gasteiger partial charge in [-0.15, -0.1) is 19.1 Å². The molecule has 0 saturated carbocycles. The molecule has 0 fully saturated rings. The van der Waals surface area contributed by atoms with Gasteiger partial charge in [-0.25, -0.2) is 4.79 Å². The van der Waals surface area contributed by atoms with Crippen molar-refractivity contribution < 1.29 is 115 Å². The van der Waals surface area contributed by atoms with Crippen molar-refractivity contribution in [3.05, 3.63) is 0 Å². The molecule has 248 valence electrons. The number of phosphoric acid groups is 1. The number of esters is 2. The molecule has 44 heavy (non-hydrogen) atoms. The predicted octanol–water partition coefficient (Wildman–Crippen LogP) is -0.291. The second-order valence-electron chi connectivity index (χ2n) is 8.76. The summed E-state index contributed by atoms with van der Waals surface area (Å²) < 4.78 is 24.9. The van der Waals surface area contributed by atoms with Gasteiger partial charge in [-0.1, -0.05) is 77.6 Å². The van der Waals surface area contributed by atoms with E-state index in [-0.39, 0.29) is 83.5 Å². The van der Waals surface area contributed by atoms with E-state index in [4.69, 9.17) is 15.9 Å². The fraction of sp³-hybridized carbons (Fsp3) is 0.581. The quantitative estimate of drug-likeness (QED) is 0.0370. The molecule has 13 heteroatoms. The van der Waals surface area contributed by atoms with Gasteiger partial charge in [-0.05, 0) is 53.8 Å². The Kier molecular flexibility index (Phi) is 41.1. The van der Waals surface area contributed by atoms with Gasteiger partial charge in [0.1, 0.15) is 6.61 Å². The van der Waals surface area contributed by atoms with Gasteiger partial charge in [0, 0.05) is 32.1 Å². The van der Waals surface area contributed by atoms with E-state index in [1.165, 1.54) is 58.3 Å². The van der Waals surface area contributed by atoms with Gasteiger partial charge in [0.25, 0.3) is 0 Å². The van der Waals surface area contributed by atoms with Crippen LogP contribution in [0.2, 0.25) is 0 Å². The number of rotatable bonds is 19. The first-order valence-electron chi connectivity index (χ1n) is 13.7. The SMILES string of the molecule is C#CC#CC#CC#CC#CC(=O)OC[C@H](COP(=O)([O-])[O-])OC(=O)CCCCCCCCCCCCCC.CC(=O)S.[HH].[HH].[HH].[HH].[HH].[HH].[HH].[HH].[HH].[Na+].[Na+]. The molecule has 0 aromatic heterocycles. The van der Waals surface area contributed by atoms with Crippen LogP contribution in [0.5, 0.6) is 0 Å². The zero-order chi connectivity index (χ0) is 31.9. The molecule has 1 atom stereocenters. The first-order chi connectivity index (χ1) is 20.0. The molecule has 0 spiro atoms. The van der Waals surface area contributed by atoms with E-state index in [1.54, 1.807) is 0 Å². The molecule has 0 aliphatic rings. The first kappa shape index (κ1) is 49.7. The van der Waals surface area contributed by atoms with E-state index in [1.807, 2.05) is 0 Å². The van der Waals surface area contributed by atoms with Crippen LogP contribution in [0.1, 0.15) is 110 Å². The summed E-state index contributed by atoms with van der Waals surface area (Å²) in [6, 6.07) is 0. The van der Waals surface area contributed by atoms with Crippen molar-refractivity contribution in [2.24, 2.45) is 0 Å². The number of thiol groups is 1. The second kappa shape index (κ2) is 36.3. The van der Waals surface area contributed by atoms with Crippen molar-refractivity contribution in [1.29, 1.82) is 0 Å². The summed E-state index contributed by atoms with van der Waals surface area (Å²) in [4.78, 5) is 54.7. The molecular formula is C31H57Na2O9PS. The van der Waals surface area contributed by atoms with Crippen LogP contribution in [-0.4, -0.2) is 36.4 Å². The summed E-state index contributed by atoms with van der Waals surface area (Å²) in [6.07, 6.45) is 17.5. The van der Waals surface area contributed by atoms with Gasteiger partial charge < -0.3 is 28.3 Å². The summed E-state index contributed by atoms with van der Waals surface area (Å²) in [5.41, 5.74) is 0. The van der Waals surface area contributed by atoms with Gasteiger partial charge >= 0.3 is 71.1 Å². The van der Waals surface area contributed by atoms with E-state index in [0.717, 1.165) is 19.3 Å². The average Bonchev–Trinajstić information content (AvgIpc) is 2.91. The molecule has 0 saturated heterocycles. The minimum atomic E-state index is -5.31. The Balaban J connectivity index is -0.0000000919. The molecule has 0 aromatic rings. The van der Waals surface area contributed by atoms with Crippen molar-refractivity contribution in [3.8, 4) is 59.7 Å². The second-order valence-corrected chi connectivity index (χ2v) is 10.5. The Hall–Kier alpha value is -1.13. The molecule has 0 heterocycles. The molecule has 0 aliphatic heterocycles. The third-order valence-corrected chi connectivity index (χ3v) is 5.43. The molecule has 0 bridgehead atoms. The van der Waals surface area contributed by atoms with Crippen LogP contribution in [-0.2, 0) is 32.9 Å². The Labute approximate surface area is 326 Å². The first-order valence-corrected chi connectivity index (χ1v) is 15.6. The number of carbonyl (C=O) groups excluding carboxylic acids is 3. The van der Waals surface area contributed by atoms with Crippen LogP contribution in [0.25, 0.3) is 0 Å². The number of ether oxygens (including phenoxy) is 2. The topological polar surface area (TPSA) is 142 Å². The Morgan fingerprint density at radius 2 is 1.23 bits per heavy atom. The van der Waals surface area contributed by atoms with Crippen molar-refractivity contribution in [3.63, 3.8) is 0 Å². The van der Waals surface area contributed by atoms with Gasteiger partial charge in [0.05, 0.1) is 14.4 Å². The molecule has 0 rings (SSSR count). The van der Waals surface area contributed by atoms with Crippen LogP contribution in [0.3, 0.4) is 0 Å². The molecule has 0 aliphatic carbocycles. The fourth-order valence-electron chi connectivity index (χ4n) is 3.13. The van der Waals surface area contributed by atoms with E-state index in [9.17, 15) is 28.7 Å².